The van der Waals surface area contributed by atoms with Gasteiger partial charge in [-0.1, -0.05) is 35.4 Å². The maximum Gasteiger partial charge on any atom is 0.259 e. The van der Waals surface area contributed by atoms with Crippen molar-refractivity contribution >= 4 is 45.1 Å². The van der Waals surface area contributed by atoms with Gasteiger partial charge in [-0.05, 0) is 49.8 Å². The Morgan fingerprint density at radius 1 is 1.18 bits per heavy atom. The van der Waals surface area contributed by atoms with E-state index >= 15 is 0 Å². The fraction of sp³-hybridized carbons (Fsp3) is 0.0909. The molecule has 136 valence electrons. The molecule has 2 heterocycles. The van der Waals surface area contributed by atoms with Crippen LogP contribution in [0.1, 0.15) is 22.5 Å². The van der Waals surface area contributed by atoms with E-state index in [1.807, 2.05) is 32.0 Å². The predicted octanol–water partition coefficient (Wildman–Crippen LogP) is 4.81. The highest BCUT2D eigenvalue weighted by molar-refractivity contribution is 6.31. The number of aromatic nitrogens is 3. The molecule has 0 spiro atoms. The monoisotopic (exact) mass is 386 g/mol. The lowest BCUT2D eigenvalue weighted by molar-refractivity contribution is 1.13. The van der Waals surface area contributed by atoms with E-state index in [9.17, 15) is 10.1 Å². The first-order chi connectivity index (χ1) is 13.5. The summed E-state index contributed by atoms with van der Waals surface area (Å²) in [5.41, 5.74) is 4.00. The largest absolute Gasteiger partial charge is 0.305 e. The van der Waals surface area contributed by atoms with Crippen LogP contribution < -0.4 is 5.56 Å². The lowest BCUT2D eigenvalue weighted by Gasteiger charge is -2.07. The maximum absolute atomic E-state index is 12.3. The van der Waals surface area contributed by atoms with Crippen LogP contribution in [-0.4, -0.2) is 15.0 Å². The lowest BCUT2D eigenvalue weighted by atomic mass is 10.0. The minimum atomic E-state index is -0.296. The summed E-state index contributed by atoms with van der Waals surface area (Å²) in [7, 11) is 0. The van der Waals surface area contributed by atoms with Crippen LogP contribution in [0.5, 0.6) is 0 Å². The Balaban J connectivity index is 1.91. The van der Waals surface area contributed by atoms with Crippen molar-refractivity contribution in [2.45, 2.75) is 13.8 Å². The second-order valence-corrected chi connectivity index (χ2v) is 6.98. The van der Waals surface area contributed by atoms with E-state index < -0.39 is 0 Å². The molecule has 4 rings (SSSR count). The summed E-state index contributed by atoms with van der Waals surface area (Å²) in [6.07, 6.45) is 1.60. The number of allylic oxidation sites excluding steroid dienone is 1. The van der Waals surface area contributed by atoms with Gasteiger partial charge in [-0.3, -0.25) is 4.79 Å². The minimum Gasteiger partial charge on any atom is -0.305 e. The number of para-hydroxylation sites is 1. The summed E-state index contributed by atoms with van der Waals surface area (Å²) in [6, 6.07) is 15.0. The van der Waals surface area contributed by atoms with Crippen molar-refractivity contribution in [3.8, 4) is 6.07 Å². The third-order valence-corrected chi connectivity index (χ3v) is 4.82. The summed E-state index contributed by atoms with van der Waals surface area (Å²) >= 11 is 6.37. The molecule has 0 bridgehead atoms. The number of aromatic amines is 1. The zero-order valence-corrected chi connectivity index (χ0v) is 16.0. The molecular formula is C22H15ClN4O. The van der Waals surface area contributed by atoms with Gasteiger partial charge in [-0.25, -0.2) is 9.97 Å². The fourth-order valence-electron chi connectivity index (χ4n) is 3.27. The van der Waals surface area contributed by atoms with Gasteiger partial charge >= 0.3 is 0 Å². The van der Waals surface area contributed by atoms with Crippen LogP contribution in [0.15, 0.2) is 47.3 Å². The van der Waals surface area contributed by atoms with Gasteiger partial charge in [0.15, 0.2) is 5.82 Å². The summed E-state index contributed by atoms with van der Waals surface area (Å²) in [6.45, 7) is 4.00. The van der Waals surface area contributed by atoms with Crippen molar-refractivity contribution < 1.29 is 0 Å². The third-order valence-electron chi connectivity index (χ3n) is 4.52. The summed E-state index contributed by atoms with van der Waals surface area (Å²) < 4.78 is 0. The molecule has 2 aromatic heterocycles. The summed E-state index contributed by atoms with van der Waals surface area (Å²) in [4.78, 5) is 23.9. The standard InChI is InChI=1S/C22H15ClN4O/c1-12-7-13(2)19-14(8-12)9-15(20(23)26-19)10-16(11-24)21-25-18-6-4-3-5-17(18)22(28)27-21/h3-10H,1-2H3,(H,25,27,28)/b16-10+. The van der Waals surface area contributed by atoms with Crippen LogP contribution in [0.2, 0.25) is 5.15 Å². The Kier molecular flexibility index (Phi) is 4.42. The molecule has 0 fully saturated rings. The number of benzene rings is 2. The lowest BCUT2D eigenvalue weighted by Crippen LogP contribution is -2.11. The molecule has 1 N–H and O–H groups in total. The average molecular weight is 387 g/mol. The van der Waals surface area contributed by atoms with E-state index in [0.29, 0.717) is 16.5 Å². The molecule has 0 saturated carbocycles. The highest BCUT2D eigenvalue weighted by Crippen LogP contribution is 2.27. The number of nitriles is 1. The molecule has 0 radical (unpaired) electrons. The van der Waals surface area contributed by atoms with Crippen molar-refractivity contribution in [2.75, 3.05) is 0 Å². The van der Waals surface area contributed by atoms with Gasteiger partial charge in [0.1, 0.15) is 11.2 Å². The number of fused-ring (bicyclic) bond motifs is 2. The van der Waals surface area contributed by atoms with Crippen molar-refractivity contribution in [1.29, 1.82) is 5.26 Å². The molecule has 0 aliphatic carbocycles. The van der Waals surface area contributed by atoms with E-state index in [2.05, 4.69) is 21.0 Å². The fourth-order valence-corrected chi connectivity index (χ4v) is 3.46. The van der Waals surface area contributed by atoms with Gasteiger partial charge in [-0.15, -0.1) is 0 Å². The highest BCUT2D eigenvalue weighted by Gasteiger charge is 2.11. The second-order valence-electron chi connectivity index (χ2n) is 6.62. The second kappa shape index (κ2) is 6.91. The Morgan fingerprint density at radius 2 is 1.96 bits per heavy atom. The van der Waals surface area contributed by atoms with Crippen LogP contribution in [0.4, 0.5) is 0 Å². The number of nitrogens with zero attached hydrogens (tertiary/aromatic N) is 3. The highest BCUT2D eigenvalue weighted by atomic mass is 35.5. The number of aryl methyl sites for hydroxylation is 2. The smallest absolute Gasteiger partial charge is 0.259 e. The number of hydrogen-bond acceptors (Lipinski definition) is 4. The molecule has 0 unspecified atom stereocenters. The van der Waals surface area contributed by atoms with Crippen molar-refractivity contribution in [3.05, 3.63) is 80.5 Å². The molecule has 6 heteroatoms. The topological polar surface area (TPSA) is 82.4 Å². The van der Waals surface area contributed by atoms with Gasteiger partial charge in [0.25, 0.3) is 5.56 Å². The zero-order chi connectivity index (χ0) is 19.8. The number of hydrogen-bond donors (Lipinski definition) is 1. The van der Waals surface area contributed by atoms with Crippen LogP contribution in [0.25, 0.3) is 33.5 Å². The molecule has 0 aliphatic heterocycles. The maximum atomic E-state index is 12.3. The van der Waals surface area contributed by atoms with E-state index in [1.54, 1.807) is 30.3 Å². The molecule has 4 aromatic rings. The van der Waals surface area contributed by atoms with E-state index in [4.69, 9.17) is 11.6 Å². The van der Waals surface area contributed by atoms with E-state index in [0.717, 1.165) is 22.0 Å². The number of nitrogens with one attached hydrogen (secondary N) is 1. The summed E-state index contributed by atoms with van der Waals surface area (Å²) in [5.74, 6) is 0.197. The molecule has 0 saturated heterocycles. The molecule has 5 nitrogen and oxygen atoms in total. The normalized spacial score (nSPS) is 11.7. The first-order valence-electron chi connectivity index (χ1n) is 8.65. The first-order valence-corrected chi connectivity index (χ1v) is 9.03. The van der Waals surface area contributed by atoms with E-state index in [-0.39, 0.29) is 22.1 Å². The number of pyridine rings is 1. The van der Waals surface area contributed by atoms with Gasteiger partial charge in [-0.2, -0.15) is 5.26 Å². The first kappa shape index (κ1) is 17.9. The average Bonchev–Trinajstić information content (AvgIpc) is 2.67. The SMILES string of the molecule is Cc1cc(C)c2nc(Cl)c(/C=C(\C#N)c3nc4ccccc4c(=O)[nH]3)cc2c1. The van der Waals surface area contributed by atoms with E-state index in [1.165, 1.54) is 0 Å². The molecule has 0 amide bonds. The quantitative estimate of drug-likeness (QED) is 0.396. The number of H-pyrrole nitrogens is 1. The molecule has 0 aliphatic rings. The summed E-state index contributed by atoms with van der Waals surface area (Å²) in [5, 5.41) is 11.3. The minimum absolute atomic E-state index is 0.197. The predicted molar refractivity (Wildman–Crippen MR) is 112 cm³/mol. The number of rotatable bonds is 2. The van der Waals surface area contributed by atoms with Crippen LogP contribution in [-0.2, 0) is 0 Å². The van der Waals surface area contributed by atoms with Crippen LogP contribution in [0.3, 0.4) is 0 Å². The van der Waals surface area contributed by atoms with Gasteiger partial charge < -0.3 is 4.98 Å². The van der Waals surface area contributed by atoms with Crippen molar-refractivity contribution in [3.63, 3.8) is 0 Å². The molecule has 2 aromatic carbocycles. The zero-order valence-electron chi connectivity index (χ0n) is 15.2. The van der Waals surface area contributed by atoms with Gasteiger partial charge in [0, 0.05) is 10.9 Å². The van der Waals surface area contributed by atoms with Gasteiger partial charge in [0.2, 0.25) is 0 Å². The van der Waals surface area contributed by atoms with Crippen LogP contribution in [0, 0.1) is 25.2 Å². The Labute approximate surface area is 166 Å². The third kappa shape index (κ3) is 3.15. The molecule has 28 heavy (non-hydrogen) atoms. The molecular weight excluding hydrogens is 372 g/mol. The number of halogens is 1. The Bertz CT molecular complexity index is 1380. The Morgan fingerprint density at radius 3 is 2.75 bits per heavy atom. The van der Waals surface area contributed by atoms with Crippen molar-refractivity contribution in [2.24, 2.45) is 0 Å². The van der Waals surface area contributed by atoms with Crippen molar-refractivity contribution in [1.82, 2.24) is 15.0 Å². The Hall–Kier alpha value is -3.49. The van der Waals surface area contributed by atoms with Gasteiger partial charge in [0.05, 0.1) is 22.0 Å². The van der Waals surface area contributed by atoms with Crippen LogP contribution >= 0.6 is 11.6 Å². The molecule has 0 atom stereocenters.